The summed E-state index contributed by atoms with van der Waals surface area (Å²) in [5, 5.41) is 0.536. The molecule has 5 nitrogen and oxygen atoms in total. The van der Waals surface area contributed by atoms with Crippen molar-refractivity contribution in [3.63, 3.8) is 0 Å². The first-order valence-corrected chi connectivity index (χ1v) is 10.9. The standard InChI is InChI=1S/C23H15AsClN3O2/c24-16-9-5-11-18-21(16)27-20(15-8-3-4-10-17(15)25)19(26-18)12-28-22(29)13-6-1-2-7-14(13)23(28)30/h1-11H,12,24H2. The molecule has 0 N–H and O–H groups in total. The first-order chi connectivity index (χ1) is 14.5. The molecule has 146 valence electrons. The summed E-state index contributed by atoms with van der Waals surface area (Å²) < 4.78 is 1.05. The number of fused-ring (bicyclic) bond motifs is 2. The molecule has 0 aliphatic carbocycles. The van der Waals surface area contributed by atoms with Crippen LogP contribution in [0.15, 0.2) is 66.7 Å². The van der Waals surface area contributed by atoms with E-state index in [9.17, 15) is 9.59 Å². The van der Waals surface area contributed by atoms with Crippen molar-refractivity contribution >= 4 is 55.7 Å². The van der Waals surface area contributed by atoms with Crippen molar-refractivity contribution in [2.75, 3.05) is 0 Å². The van der Waals surface area contributed by atoms with Gasteiger partial charge in [-0.15, -0.1) is 0 Å². The summed E-state index contributed by atoms with van der Waals surface area (Å²) in [7, 11) is 0. The molecule has 0 radical (unpaired) electrons. The van der Waals surface area contributed by atoms with Gasteiger partial charge in [0.1, 0.15) is 0 Å². The van der Waals surface area contributed by atoms with Gasteiger partial charge in [0.05, 0.1) is 0 Å². The molecule has 1 aliphatic rings. The molecule has 1 unspecified atom stereocenters. The zero-order chi connectivity index (χ0) is 20.8. The van der Waals surface area contributed by atoms with Crippen LogP contribution in [0.3, 0.4) is 0 Å². The van der Waals surface area contributed by atoms with E-state index in [4.69, 9.17) is 21.6 Å². The normalized spacial score (nSPS) is 13.2. The molecule has 2 heterocycles. The molecule has 30 heavy (non-hydrogen) atoms. The van der Waals surface area contributed by atoms with E-state index in [0.717, 1.165) is 20.9 Å². The third kappa shape index (κ3) is 3.02. The number of hydrogen-bond donors (Lipinski definition) is 0. The second kappa shape index (κ2) is 7.35. The molecule has 0 bridgehead atoms. The Morgan fingerprint density at radius 1 is 0.800 bits per heavy atom. The zero-order valence-corrected chi connectivity index (χ0v) is 18.8. The Morgan fingerprint density at radius 2 is 1.43 bits per heavy atom. The van der Waals surface area contributed by atoms with E-state index in [0.29, 0.717) is 27.5 Å². The van der Waals surface area contributed by atoms with Crippen LogP contribution in [0.2, 0.25) is 5.02 Å². The van der Waals surface area contributed by atoms with Crippen LogP contribution in [-0.2, 0) is 6.54 Å². The number of hydrogen-bond acceptors (Lipinski definition) is 4. The molecular formula is C23H15AsClN3O2. The molecule has 0 spiro atoms. The number of rotatable bonds is 3. The third-order valence-electron chi connectivity index (χ3n) is 5.11. The van der Waals surface area contributed by atoms with Crippen molar-refractivity contribution in [3.8, 4) is 11.3 Å². The van der Waals surface area contributed by atoms with E-state index >= 15 is 0 Å². The fraction of sp³-hybridized carbons (Fsp3) is 0.0435. The van der Waals surface area contributed by atoms with Crippen LogP contribution in [0.25, 0.3) is 22.3 Å². The summed E-state index contributed by atoms with van der Waals surface area (Å²) in [5.41, 5.74) is 4.16. The second-order valence-electron chi connectivity index (χ2n) is 6.96. The molecule has 4 aromatic rings. The van der Waals surface area contributed by atoms with Gasteiger partial charge >= 0.3 is 186 Å². The molecule has 1 aliphatic heterocycles. The summed E-state index contributed by atoms with van der Waals surface area (Å²) in [6, 6.07) is 20.0. The van der Waals surface area contributed by atoms with Crippen molar-refractivity contribution in [2.24, 2.45) is 0 Å². The molecule has 5 rings (SSSR count). The topological polar surface area (TPSA) is 63.2 Å². The van der Waals surface area contributed by atoms with Crippen molar-refractivity contribution < 1.29 is 9.59 Å². The Bertz CT molecular complexity index is 1320. The van der Waals surface area contributed by atoms with E-state index < -0.39 is 0 Å². The number of carbonyl (C=O) groups is 2. The molecule has 7 heteroatoms. The monoisotopic (exact) mass is 475 g/mol. The summed E-state index contributed by atoms with van der Waals surface area (Å²) in [6.07, 6.45) is 0. The number of carbonyl (C=O) groups excluding carboxylic acids is 2. The van der Waals surface area contributed by atoms with E-state index in [1.807, 2.05) is 36.4 Å². The second-order valence-corrected chi connectivity index (χ2v) is 8.67. The van der Waals surface area contributed by atoms with E-state index in [1.54, 1.807) is 30.3 Å². The molecule has 0 saturated carbocycles. The summed E-state index contributed by atoms with van der Waals surface area (Å²) in [5.74, 6) is -0.648. The number of amides is 2. The van der Waals surface area contributed by atoms with Gasteiger partial charge in [-0.05, 0) is 0 Å². The Morgan fingerprint density at radius 3 is 2.10 bits per heavy atom. The first-order valence-electron chi connectivity index (χ1n) is 9.30. The Kier molecular flexibility index (Phi) is 4.65. The van der Waals surface area contributed by atoms with Gasteiger partial charge in [0, 0.05) is 0 Å². The van der Waals surface area contributed by atoms with Crippen molar-refractivity contribution in [3.05, 3.63) is 88.6 Å². The van der Waals surface area contributed by atoms with Gasteiger partial charge in [-0.1, -0.05) is 0 Å². The first kappa shape index (κ1) is 19.0. The summed E-state index contributed by atoms with van der Waals surface area (Å²) >= 11 is 7.91. The molecular weight excluding hydrogens is 461 g/mol. The number of halogens is 1. The van der Waals surface area contributed by atoms with E-state index in [-0.39, 0.29) is 18.4 Å². The van der Waals surface area contributed by atoms with Crippen LogP contribution in [0.1, 0.15) is 26.4 Å². The van der Waals surface area contributed by atoms with Crippen molar-refractivity contribution in [2.45, 2.75) is 6.54 Å². The minimum absolute atomic E-state index is 0.0227. The van der Waals surface area contributed by atoms with Crippen LogP contribution in [0.4, 0.5) is 0 Å². The summed E-state index contributed by atoms with van der Waals surface area (Å²) in [6.45, 7) is 0.0227. The fourth-order valence-electron chi connectivity index (χ4n) is 3.65. The van der Waals surface area contributed by atoms with Gasteiger partial charge in [0.15, 0.2) is 0 Å². The Balaban J connectivity index is 1.67. The fourth-order valence-corrected chi connectivity index (χ4v) is 4.55. The molecule has 0 saturated heterocycles. The van der Waals surface area contributed by atoms with Gasteiger partial charge in [-0.2, -0.15) is 0 Å². The molecule has 3 aromatic carbocycles. The zero-order valence-electron chi connectivity index (χ0n) is 15.7. The molecule has 0 fully saturated rings. The number of benzene rings is 3. The van der Waals surface area contributed by atoms with Gasteiger partial charge in [0.25, 0.3) is 0 Å². The van der Waals surface area contributed by atoms with E-state index in [1.165, 1.54) is 21.8 Å². The average molecular weight is 476 g/mol. The number of aromatic nitrogens is 2. The Hall–Kier alpha value is -3.01. The number of para-hydroxylation sites is 1. The van der Waals surface area contributed by atoms with Crippen LogP contribution in [0.5, 0.6) is 0 Å². The quantitative estimate of drug-likeness (QED) is 0.338. The average Bonchev–Trinajstić information content (AvgIpc) is 2.99. The van der Waals surface area contributed by atoms with Gasteiger partial charge in [-0.25, -0.2) is 0 Å². The van der Waals surface area contributed by atoms with Crippen molar-refractivity contribution in [1.82, 2.24) is 14.9 Å². The summed E-state index contributed by atoms with van der Waals surface area (Å²) in [4.78, 5) is 36.6. The van der Waals surface area contributed by atoms with Gasteiger partial charge in [0.2, 0.25) is 0 Å². The maximum atomic E-state index is 12.9. The van der Waals surface area contributed by atoms with Crippen LogP contribution in [-0.4, -0.2) is 43.5 Å². The maximum absolute atomic E-state index is 12.9. The number of nitrogens with zero attached hydrogens (tertiary/aromatic N) is 3. The third-order valence-corrected chi connectivity index (χ3v) is 6.42. The van der Waals surface area contributed by atoms with Crippen LogP contribution >= 0.6 is 11.6 Å². The van der Waals surface area contributed by atoms with Gasteiger partial charge < -0.3 is 0 Å². The SMILES string of the molecule is O=C1c2ccccc2C(=O)N1Cc1nc2cccc([AsH2])c2nc1-c1ccccc1Cl. The predicted molar refractivity (Wildman–Crippen MR) is 119 cm³/mol. The Labute approximate surface area is 186 Å². The van der Waals surface area contributed by atoms with E-state index in [2.05, 4.69) is 0 Å². The molecule has 1 aromatic heterocycles. The minimum atomic E-state index is -0.324. The van der Waals surface area contributed by atoms with Crippen molar-refractivity contribution in [1.29, 1.82) is 0 Å². The van der Waals surface area contributed by atoms with Gasteiger partial charge in [-0.3, -0.25) is 0 Å². The van der Waals surface area contributed by atoms with Crippen LogP contribution in [0, 0.1) is 0 Å². The van der Waals surface area contributed by atoms with Crippen LogP contribution < -0.4 is 4.35 Å². The predicted octanol–water partition coefficient (Wildman–Crippen LogP) is 3.00. The number of imide groups is 1. The molecule has 2 amide bonds. The molecule has 1 atom stereocenters.